The summed E-state index contributed by atoms with van der Waals surface area (Å²) in [7, 11) is -5.10. The Labute approximate surface area is 109 Å². The van der Waals surface area contributed by atoms with Crippen LogP contribution in [-0.4, -0.2) is 31.4 Å². The van der Waals surface area contributed by atoms with Crippen LogP contribution in [0.25, 0.3) is 0 Å². The standard InChI is InChI=1S/C8H12F7O4P/c1-3-17-20(16,18-4-2)19-8(14,15)6(9,10)5-7(11,12)13/h3-5H2,1-2H3. The van der Waals surface area contributed by atoms with Gasteiger partial charge in [0.25, 0.3) is 0 Å². The summed E-state index contributed by atoms with van der Waals surface area (Å²) in [6, 6.07) is 0. The molecule has 0 aliphatic heterocycles. The molecule has 0 radical (unpaired) electrons. The van der Waals surface area contributed by atoms with Crippen LogP contribution in [0.2, 0.25) is 0 Å². The van der Waals surface area contributed by atoms with Gasteiger partial charge in [-0.15, -0.1) is 0 Å². The number of rotatable bonds is 8. The van der Waals surface area contributed by atoms with Crippen LogP contribution in [0.4, 0.5) is 30.7 Å². The second kappa shape index (κ2) is 6.59. The molecule has 12 heteroatoms. The van der Waals surface area contributed by atoms with Crippen molar-refractivity contribution in [2.24, 2.45) is 0 Å². The van der Waals surface area contributed by atoms with E-state index in [0.717, 1.165) is 0 Å². The quantitative estimate of drug-likeness (QED) is 0.488. The van der Waals surface area contributed by atoms with Gasteiger partial charge < -0.3 is 0 Å². The number of halogens is 7. The summed E-state index contributed by atoms with van der Waals surface area (Å²) in [5.74, 6) is -5.63. The lowest BCUT2D eigenvalue weighted by Crippen LogP contribution is -2.45. The van der Waals surface area contributed by atoms with Crippen LogP contribution in [0.15, 0.2) is 0 Å². The van der Waals surface area contributed by atoms with Crippen molar-refractivity contribution in [3.05, 3.63) is 0 Å². The van der Waals surface area contributed by atoms with Gasteiger partial charge in [-0.1, -0.05) is 0 Å². The molecule has 0 bridgehead atoms. The third-order valence-corrected chi connectivity index (χ3v) is 3.25. The van der Waals surface area contributed by atoms with Crippen LogP contribution in [0.1, 0.15) is 20.3 Å². The van der Waals surface area contributed by atoms with Crippen LogP contribution in [0.5, 0.6) is 0 Å². The zero-order chi connectivity index (χ0) is 16.2. The van der Waals surface area contributed by atoms with Crippen LogP contribution in [-0.2, 0) is 18.1 Å². The lowest BCUT2D eigenvalue weighted by atomic mass is 10.2. The summed E-state index contributed by atoms with van der Waals surface area (Å²) in [5.41, 5.74) is 0. The van der Waals surface area contributed by atoms with E-state index in [-0.39, 0.29) is 0 Å². The first-order valence-electron chi connectivity index (χ1n) is 5.21. The van der Waals surface area contributed by atoms with E-state index >= 15 is 0 Å². The fraction of sp³-hybridized carbons (Fsp3) is 1.00. The third-order valence-electron chi connectivity index (χ3n) is 1.65. The fourth-order valence-electron chi connectivity index (χ4n) is 0.968. The zero-order valence-corrected chi connectivity index (χ0v) is 11.2. The highest BCUT2D eigenvalue weighted by molar-refractivity contribution is 7.48. The van der Waals surface area contributed by atoms with Gasteiger partial charge >= 0.3 is 26.0 Å². The van der Waals surface area contributed by atoms with Crippen LogP contribution in [0.3, 0.4) is 0 Å². The van der Waals surface area contributed by atoms with Crippen molar-refractivity contribution in [2.45, 2.75) is 38.5 Å². The molecule has 0 spiro atoms. The smallest absolute Gasteiger partial charge is 0.287 e. The molecule has 0 fully saturated rings. The first kappa shape index (κ1) is 19.6. The van der Waals surface area contributed by atoms with Crippen molar-refractivity contribution in [1.29, 1.82) is 0 Å². The minimum absolute atomic E-state index is 0.502. The van der Waals surface area contributed by atoms with Gasteiger partial charge in [-0.25, -0.2) is 9.09 Å². The predicted molar refractivity (Wildman–Crippen MR) is 52.5 cm³/mol. The summed E-state index contributed by atoms with van der Waals surface area (Å²) in [6.07, 6.45) is -14.4. The van der Waals surface area contributed by atoms with E-state index in [0.29, 0.717) is 0 Å². The molecule has 0 aliphatic rings. The molecular formula is C8H12F7O4P. The van der Waals surface area contributed by atoms with Gasteiger partial charge in [-0.2, -0.15) is 30.7 Å². The van der Waals surface area contributed by atoms with Crippen molar-refractivity contribution in [3.8, 4) is 0 Å². The monoisotopic (exact) mass is 336 g/mol. The van der Waals surface area contributed by atoms with Gasteiger partial charge in [0, 0.05) is 0 Å². The molecular weight excluding hydrogens is 324 g/mol. The molecule has 122 valence electrons. The Morgan fingerprint density at radius 3 is 1.60 bits per heavy atom. The average Bonchev–Trinajstić information content (AvgIpc) is 2.12. The van der Waals surface area contributed by atoms with Crippen molar-refractivity contribution in [1.82, 2.24) is 0 Å². The van der Waals surface area contributed by atoms with Gasteiger partial charge in [0.15, 0.2) is 0 Å². The van der Waals surface area contributed by atoms with E-state index in [1.54, 1.807) is 0 Å². The number of hydrogen-bond acceptors (Lipinski definition) is 4. The first-order valence-corrected chi connectivity index (χ1v) is 6.67. The van der Waals surface area contributed by atoms with Crippen LogP contribution < -0.4 is 0 Å². The lowest BCUT2D eigenvalue weighted by Gasteiger charge is -2.29. The first-order chi connectivity index (χ1) is 8.79. The highest BCUT2D eigenvalue weighted by atomic mass is 31.2. The van der Waals surface area contributed by atoms with Gasteiger partial charge in [0.2, 0.25) is 0 Å². The maximum absolute atomic E-state index is 13.1. The molecule has 0 aromatic heterocycles. The van der Waals surface area contributed by atoms with Crippen LogP contribution in [0, 0.1) is 0 Å². The Bertz CT molecular complexity index is 347. The summed E-state index contributed by atoms with van der Waals surface area (Å²) >= 11 is 0. The number of hydrogen-bond donors (Lipinski definition) is 0. The minimum atomic E-state index is -5.68. The summed E-state index contributed by atoms with van der Waals surface area (Å²) in [4.78, 5) is 0. The van der Waals surface area contributed by atoms with Crippen molar-refractivity contribution in [3.63, 3.8) is 0 Å². The largest absolute Gasteiger partial charge is 0.479 e. The molecule has 4 nitrogen and oxygen atoms in total. The molecule has 0 aromatic rings. The maximum atomic E-state index is 13.1. The maximum Gasteiger partial charge on any atom is 0.479 e. The molecule has 0 atom stereocenters. The second-order valence-corrected chi connectivity index (χ2v) is 4.98. The van der Waals surface area contributed by atoms with Crippen molar-refractivity contribution in [2.75, 3.05) is 13.2 Å². The Balaban J connectivity index is 5.15. The second-order valence-electron chi connectivity index (χ2n) is 3.39. The third kappa shape index (κ3) is 5.94. The molecule has 0 heterocycles. The molecule has 0 aliphatic carbocycles. The number of alkyl halides is 7. The normalized spacial score (nSPS) is 14.7. The number of phosphoric acid groups is 1. The van der Waals surface area contributed by atoms with Crippen molar-refractivity contribution >= 4 is 7.82 Å². The minimum Gasteiger partial charge on any atom is -0.287 e. The highest BCUT2D eigenvalue weighted by Crippen LogP contribution is 2.57. The molecule has 0 aromatic carbocycles. The molecule has 0 saturated carbocycles. The molecule has 0 N–H and O–H groups in total. The molecule has 20 heavy (non-hydrogen) atoms. The van der Waals surface area contributed by atoms with E-state index in [2.05, 4.69) is 13.6 Å². The summed E-state index contributed by atoms with van der Waals surface area (Å²) in [5, 5.41) is 0. The number of phosphoric ester groups is 1. The Morgan fingerprint density at radius 2 is 1.30 bits per heavy atom. The van der Waals surface area contributed by atoms with Gasteiger partial charge in [0.1, 0.15) is 6.42 Å². The van der Waals surface area contributed by atoms with Crippen LogP contribution >= 0.6 is 7.82 Å². The molecule has 0 saturated heterocycles. The Kier molecular flexibility index (Phi) is 6.46. The summed E-state index contributed by atoms with van der Waals surface area (Å²) in [6.45, 7) is 1.33. The molecule has 0 amide bonds. The van der Waals surface area contributed by atoms with Crippen molar-refractivity contribution < 1.29 is 48.9 Å². The van der Waals surface area contributed by atoms with E-state index in [1.165, 1.54) is 13.8 Å². The average molecular weight is 336 g/mol. The van der Waals surface area contributed by atoms with E-state index in [9.17, 15) is 35.3 Å². The van der Waals surface area contributed by atoms with Gasteiger partial charge in [0.05, 0.1) is 13.2 Å². The highest BCUT2D eigenvalue weighted by Gasteiger charge is 2.65. The van der Waals surface area contributed by atoms with E-state index in [4.69, 9.17) is 0 Å². The Morgan fingerprint density at radius 1 is 0.900 bits per heavy atom. The van der Waals surface area contributed by atoms with Gasteiger partial charge in [-0.3, -0.25) is 9.05 Å². The zero-order valence-electron chi connectivity index (χ0n) is 10.3. The predicted octanol–water partition coefficient (Wildman–Crippen LogP) is 4.36. The SMILES string of the molecule is CCOP(=O)(OCC)OC(F)(F)C(F)(F)CC(F)(F)F. The Hall–Kier alpha value is -0.380. The summed E-state index contributed by atoms with van der Waals surface area (Å²) < 4.78 is 110. The lowest BCUT2D eigenvalue weighted by molar-refractivity contribution is -0.339. The van der Waals surface area contributed by atoms with Gasteiger partial charge in [-0.05, 0) is 13.8 Å². The molecule has 0 unspecified atom stereocenters. The topological polar surface area (TPSA) is 44.8 Å². The van der Waals surface area contributed by atoms with E-state index < -0.39 is 45.7 Å². The fourth-order valence-corrected chi connectivity index (χ4v) is 2.19. The van der Waals surface area contributed by atoms with E-state index in [1.807, 2.05) is 0 Å². The molecule has 0 rings (SSSR count).